The molecule has 1 aromatic carbocycles. The highest BCUT2D eigenvalue weighted by atomic mass is 32.2. The lowest BCUT2D eigenvalue weighted by Gasteiger charge is -2.02. The van der Waals surface area contributed by atoms with Crippen LogP contribution in [-0.2, 0) is 4.79 Å². The predicted molar refractivity (Wildman–Crippen MR) is 106 cm³/mol. The van der Waals surface area contributed by atoms with E-state index in [0.29, 0.717) is 5.13 Å². The van der Waals surface area contributed by atoms with Gasteiger partial charge in [0.05, 0.1) is 11.4 Å². The summed E-state index contributed by atoms with van der Waals surface area (Å²) in [5, 5.41) is 17.0. The van der Waals surface area contributed by atoms with E-state index in [4.69, 9.17) is 0 Å². The van der Waals surface area contributed by atoms with E-state index >= 15 is 0 Å². The van der Waals surface area contributed by atoms with E-state index in [9.17, 15) is 4.79 Å². The maximum atomic E-state index is 12.1. The number of nitrogens with one attached hydrogen (secondary N) is 2. The van der Waals surface area contributed by atoms with Crippen LogP contribution in [0.2, 0.25) is 0 Å². The highest BCUT2D eigenvalue weighted by molar-refractivity contribution is 8.01. The molecule has 0 aliphatic carbocycles. The second kappa shape index (κ2) is 7.94. The van der Waals surface area contributed by atoms with Crippen LogP contribution < -0.4 is 10.6 Å². The molecule has 0 aliphatic heterocycles. The van der Waals surface area contributed by atoms with Gasteiger partial charge in [-0.3, -0.25) is 4.79 Å². The normalized spacial score (nSPS) is 10.7. The van der Waals surface area contributed by atoms with Crippen molar-refractivity contribution >= 4 is 50.6 Å². The summed E-state index contributed by atoms with van der Waals surface area (Å²) in [6.45, 7) is 4.17. The van der Waals surface area contributed by atoms with Gasteiger partial charge in [0, 0.05) is 18.0 Å². The van der Waals surface area contributed by atoms with Crippen molar-refractivity contribution in [3.63, 3.8) is 0 Å². The van der Waals surface area contributed by atoms with Crippen LogP contribution in [0.1, 0.15) is 11.1 Å². The molecule has 0 bridgehead atoms. The van der Waals surface area contributed by atoms with Gasteiger partial charge in [0.15, 0.2) is 9.47 Å². The fourth-order valence-electron chi connectivity index (χ4n) is 2.02. The topological polar surface area (TPSA) is 79.8 Å². The van der Waals surface area contributed by atoms with Crippen molar-refractivity contribution in [3.05, 3.63) is 34.7 Å². The first-order chi connectivity index (χ1) is 12.0. The van der Waals surface area contributed by atoms with E-state index in [1.165, 1.54) is 45.6 Å². The minimum atomic E-state index is -0.104. The number of carbonyl (C=O) groups is 1. The van der Waals surface area contributed by atoms with Gasteiger partial charge in [0.25, 0.3) is 0 Å². The molecule has 130 valence electrons. The monoisotopic (exact) mass is 391 g/mol. The van der Waals surface area contributed by atoms with E-state index in [1.807, 2.05) is 11.4 Å². The van der Waals surface area contributed by atoms with Crippen LogP contribution in [0, 0.1) is 13.8 Å². The lowest BCUT2D eigenvalue weighted by atomic mass is 10.1. The molecule has 2 N–H and O–H groups in total. The van der Waals surface area contributed by atoms with Gasteiger partial charge in [-0.15, -0.1) is 21.5 Å². The number of hydrogen-bond donors (Lipinski definition) is 2. The molecule has 0 atom stereocenters. The quantitative estimate of drug-likeness (QED) is 0.617. The summed E-state index contributed by atoms with van der Waals surface area (Å²) in [6.07, 6.45) is 0. The molecular formula is C16H17N5OS3. The van der Waals surface area contributed by atoms with Crippen LogP contribution in [-0.4, -0.2) is 33.9 Å². The Bertz CT molecular complexity index is 890. The highest BCUT2D eigenvalue weighted by Crippen LogP contribution is 2.28. The fourth-order valence-corrected chi connectivity index (χ4v) is 4.26. The Kier molecular flexibility index (Phi) is 5.67. The van der Waals surface area contributed by atoms with Crippen LogP contribution >= 0.6 is 34.4 Å². The number of benzene rings is 1. The Morgan fingerprint density at radius 3 is 2.76 bits per heavy atom. The van der Waals surface area contributed by atoms with Gasteiger partial charge in [-0.2, -0.15) is 0 Å². The Morgan fingerprint density at radius 2 is 2.04 bits per heavy atom. The van der Waals surface area contributed by atoms with E-state index < -0.39 is 0 Å². The Hall–Kier alpha value is -1.97. The van der Waals surface area contributed by atoms with Crippen molar-refractivity contribution in [2.24, 2.45) is 0 Å². The van der Waals surface area contributed by atoms with Crippen molar-refractivity contribution < 1.29 is 4.79 Å². The molecule has 0 fully saturated rings. The first-order valence-corrected chi connectivity index (χ1v) is 10.2. The molecule has 3 rings (SSSR count). The maximum Gasteiger partial charge on any atom is 0.236 e. The third kappa shape index (κ3) is 4.56. The van der Waals surface area contributed by atoms with Gasteiger partial charge in [-0.1, -0.05) is 35.2 Å². The SMILES string of the molecule is CNc1nnc(SCC(=O)Nc2nc(-c3ccc(C)c(C)c3)cs2)s1. The zero-order valence-corrected chi connectivity index (χ0v) is 16.4. The van der Waals surface area contributed by atoms with Crippen molar-refractivity contribution in [1.82, 2.24) is 15.2 Å². The smallest absolute Gasteiger partial charge is 0.236 e. The van der Waals surface area contributed by atoms with Crippen molar-refractivity contribution in [1.29, 1.82) is 0 Å². The first-order valence-electron chi connectivity index (χ1n) is 7.52. The van der Waals surface area contributed by atoms with Crippen molar-refractivity contribution in [2.75, 3.05) is 23.4 Å². The number of thioether (sulfide) groups is 1. The molecule has 3 aromatic rings. The van der Waals surface area contributed by atoms with E-state index in [1.54, 1.807) is 7.05 Å². The first kappa shape index (κ1) is 17.8. The van der Waals surface area contributed by atoms with Crippen LogP contribution in [0.25, 0.3) is 11.3 Å². The van der Waals surface area contributed by atoms with Crippen LogP contribution in [0.3, 0.4) is 0 Å². The number of amides is 1. The van der Waals surface area contributed by atoms with Crippen molar-refractivity contribution in [3.8, 4) is 11.3 Å². The number of anilines is 2. The summed E-state index contributed by atoms with van der Waals surface area (Å²) >= 11 is 4.21. The van der Waals surface area contributed by atoms with E-state index in [0.717, 1.165) is 20.7 Å². The molecule has 0 aliphatic rings. The number of hydrogen-bond acceptors (Lipinski definition) is 8. The molecule has 0 saturated carbocycles. The molecule has 2 aromatic heterocycles. The minimum Gasteiger partial charge on any atom is -0.363 e. The summed E-state index contributed by atoms with van der Waals surface area (Å²) in [5.41, 5.74) is 4.41. The molecule has 0 radical (unpaired) electrons. The average Bonchev–Trinajstić information content (AvgIpc) is 3.24. The van der Waals surface area contributed by atoms with E-state index in [-0.39, 0.29) is 11.7 Å². The van der Waals surface area contributed by atoms with Gasteiger partial charge in [-0.05, 0) is 31.0 Å². The van der Waals surface area contributed by atoms with E-state index in [2.05, 4.69) is 51.8 Å². The lowest BCUT2D eigenvalue weighted by Crippen LogP contribution is -2.13. The summed E-state index contributed by atoms with van der Waals surface area (Å²) in [7, 11) is 1.79. The van der Waals surface area contributed by atoms with Crippen molar-refractivity contribution in [2.45, 2.75) is 18.2 Å². The lowest BCUT2D eigenvalue weighted by molar-refractivity contribution is -0.113. The van der Waals surface area contributed by atoms with Crippen LogP contribution in [0.5, 0.6) is 0 Å². The summed E-state index contributed by atoms with van der Waals surface area (Å²) in [4.78, 5) is 16.6. The molecular weight excluding hydrogens is 374 g/mol. The molecule has 2 heterocycles. The molecule has 6 nitrogen and oxygen atoms in total. The minimum absolute atomic E-state index is 0.104. The second-order valence-electron chi connectivity index (χ2n) is 5.30. The summed E-state index contributed by atoms with van der Waals surface area (Å²) in [5.74, 6) is 0.170. The van der Waals surface area contributed by atoms with Gasteiger partial charge in [-0.25, -0.2) is 4.98 Å². The number of nitrogens with zero attached hydrogens (tertiary/aromatic N) is 3. The number of aromatic nitrogens is 3. The number of thiazole rings is 1. The third-order valence-corrected chi connectivity index (χ3v) is 6.33. The van der Waals surface area contributed by atoms with Gasteiger partial charge >= 0.3 is 0 Å². The van der Waals surface area contributed by atoms with Crippen LogP contribution in [0.15, 0.2) is 27.9 Å². The molecule has 25 heavy (non-hydrogen) atoms. The number of aryl methyl sites for hydroxylation is 2. The van der Waals surface area contributed by atoms with Gasteiger partial charge in [0.2, 0.25) is 11.0 Å². The predicted octanol–water partition coefficient (Wildman–Crippen LogP) is 4.05. The molecule has 0 unspecified atom stereocenters. The largest absolute Gasteiger partial charge is 0.363 e. The molecule has 9 heteroatoms. The third-order valence-electron chi connectivity index (χ3n) is 3.50. The number of carbonyl (C=O) groups excluding carboxylic acids is 1. The average molecular weight is 392 g/mol. The summed E-state index contributed by atoms with van der Waals surface area (Å²) < 4.78 is 0.759. The molecule has 1 amide bonds. The van der Waals surface area contributed by atoms with Gasteiger partial charge in [0.1, 0.15) is 0 Å². The van der Waals surface area contributed by atoms with Gasteiger partial charge < -0.3 is 10.6 Å². The molecule has 0 saturated heterocycles. The fraction of sp³-hybridized carbons (Fsp3) is 0.250. The molecule has 0 spiro atoms. The second-order valence-corrected chi connectivity index (χ2v) is 8.36. The standard InChI is InChI=1S/C16H17N5OS3/c1-9-4-5-11(6-10(9)2)12-7-23-15(18-12)19-13(22)8-24-16-21-20-14(17-3)25-16/h4-7H,8H2,1-3H3,(H,17,20)(H,18,19,22). The summed E-state index contributed by atoms with van der Waals surface area (Å²) in [6, 6.07) is 6.24. The Balaban J connectivity index is 1.58. The van der Waals surface area contributed by atoms with Crippen LogP contribution in [0.4, 0.5) is 10.3 Å². The maximum absolute atomic E-state index is 12.1. The zero-order valence-electron chi connectivity index (χ0n) is 14.0. The number of rotatable bonds is 6. The Morgan fingerprint density at radius 1 is 1.20 bits per heavy atom. The highest BCUT2D eigenvalue weighted by Gasteiger charge is 2.11. The zero-order chi connectivity index (χ0) is 17.8. The Labute approximate surface area is 158 Å².